The Hall–Kier alpha value is -1.55. The van der Waals surface area contributed by atoms with E-state index < -0.39 is 0 Å². The highest BCUT2D eigenvalue weighted by molar-refractivity contribution is 9.10. The molecule has 86 valence electrons. The summed E-state index contributed by atoms with van der Waals surface area (Å²) in [5.41, 5.74) is 3.08. The van der Waals surface area contributed by atoms with Gasteiger partial charge in [0.2, 0.25) is 0 Å². The molecule has 17 heavy (non-hydrogen) atoms. The van der Waals surface area contributed by atoms with Crippen LogP contribution in [0.15, 0.2) is 46.3 Å². The summed E-state index contributed by atoms with van der Waals surface area (Å²) in [6, 6.07) is 5.87. The molecule has 0 fully saturated rings. The van der Waals surface area contributed by atoms with Crippen LogP contribution in [-0.2, 0) is 0 Å². The van der Waals surface area contributed by atoms with Crippen LogP contribution < -0.4 is 0 Å². The van der Waals surface area contributed by atoms with Crippen LogP contribution in [0, 0.1) is 6.92 Å². The summed E-state index contributed by atoms with van der Waals surface area (Å²) in [6.45, 7) is 3.96. The van der Waals surface area contributed by atoms with E-state index in [1.807, 2.05) is 38.2 Å². The van der Waals surface area contributed by atoms with Crippen molar-refractivity contribution in [3.63, 3.8) is 0 Å². The van der Waals surface area contributed by atoms with Crippen LogP contribution in [0.3, 0.4) is 0 Å². The molecule has 0 aromatic carbocycles. The Balaban J connectivity index is 2.36. The van der Waals surface area contributed by atoms with Crippen molar-refractivity contribution in [3.8, 4) is 0 Å². The lowest BCUT2D eigenvalue weighted by Gasteiger charge is -2.02. The zero-order valence-electron chi connectivity index (χ0n) is 9.68. The van der Waals surface area contributed by atoms with Gasteiger partial charge in [0.15, 0.2) is 5.82 Å². The molecule has 0 aliphatic heterocycles. The van der Waals surface area contributed by atoms with Crippen LogP contribution in [-0.4, -0.2) is 15.7 Å². The molecule has 0 saturated heterocycles. The number of nitrogens with zero attached hydrogens (tertiary/aromatic N) is 3. The first-order chi connectivity index (χ1) is 8.16. The van der Waals surface area contributed by atoms with Gasteiger partial charge in [0.05, 0.1) is 4.47 Å². The van der Waals surface area contributed by atoms with Gasteiger partial charge < -0.3 is 0 Å². The standard InChI is InChI=1S/C13H12BrN3/c1-9-7-12(14)13(16-8-9)17-10(2)11-3-5-15-6-4-11/h3-8H,1-2H3/b17-10-. The molecule has 2 heterocycles. The number of rotatable bonds is 2. The molecule has 0 aliphatic rings. The minimum Gasteiger partial charge on any atom is -0.265 e. The van der Waals surface area contributed by atoms with E-state index in [0.29, 0.717) is 5.82 Å². The van der Waals surface area contributed by atoms with Crippen LogP contribution in [0.5, 0.6) is 0 Å². The molecule has 0 unspecified atom stereocenters. The number of pyridine rings is 2. The Kier molecular flexibility index (Phi) is 3.64. The average Bonchev–Trinajstić information content (AvgIpc) is 2.34. The van der Waals surface area contributed by atoms with Crippen molar-refractivity contribution in [2.75, 3.05) is 0 Å². The fraction of sp³-hybridized carbons (Fsp3) is 0.154. The van der Waals surface area contributed by atoms with Crippen molar-refractivity contribution in [1.29, 1.82) is 0 Å². The second-order valence-electron chi connectivity index (χ2n) is 3.75. The second-order valence-corrected chi connectivity index (χ2v) is 4.61. The summed E-state index contributed by atoms with van der Waals surface area (Å²) in [6.07, 6.45) is 5.32. The third-order valence-corrected chi connectivity index (χ3v) is 2.91. The van der Waals surface area contributed by atoms with E-state index in [1.165, 1.54) is 0 Å². The van der Waals surface area contributed by atoms with Crippen LogP contribution in [0.1, 0.15) is 18.1 Å². The number of aryl methyl sites for hydroxylation is 1. The van der Waals surface area contributed by atoms with Crippen molar-refractivity contribution in [2.24, 2.45) is 4.99 Å². The molecular weight excluding hydrogens is 278 g/mol. The number of aromatic nitrogens is 2. The average molecular weight is 290 g/mol. The third kappa shape index (κ3) is 2.97. The van der Waals surface area contributed by atoms with E-state index in [-0.39, 0.29) is 0 Å². The molecular formula is C13H12BrN3. The number of hydrogen-bond donors (Lipinski definition) is 0. The largest absolute Gasteiger partial charge is 0.265 e. The van der Waals surface area contributed by atoms with Crippen LogP contribution >= 0.6 is 15.9 Å². The van der Waals surface area contributed by atoms with Gasteiger partial charge in [-0.3, -0.25) is 4.98 Å². The molecule has 0 spiro atoms. The highest BCUT2D eigenvalue weighted by Gasteiger charge is 2.02. The van der Waals surface area contributed by atoms with E-state index in [2.05, 4.69) is 30.9 Å². The van der Waals surface area contributed by atoms with E-state index >= 15 is 0 Å². The fourth-order valence-electron chi connectivity index (χ4n) is 1.43. The van der Waals surface area contributed by atoms with Crippen molar-refractivity contribution < 1.29 is 0 Å². The molecule has 0 saturated carbocycles. The van der Waals surface area contributed by atoms with Crippen LogP contribution in [0.4, 0.5) is 5.82 Å². The first kappa shape index (κ1) is 11.9. The van der Waals surface area contributed by atoms with Crippen molar-refractivity contribution in [2.45, 2.75) is 13.8 Å². The van der Waals surface area contributed by atoms with Gasteiger partial charge in [-0.15, -0.1) is 0 Å². The Morgan fingerprint density at radius 2 is 2.00 bits per heavy atom. The van der Waals surface area contributed by atoms with Crippen molar-refractivity contribution in [1.82, 2.24) is 9.97 Å². The molecule has 4 heteroatoms. The van der Waals surface area contributed by atoms with Gasteiger partial charge >= 0.3 is 0 Å². The van der Waals surface area contributed by atoms with E-state index in [9.17, 15) is 0 Å². The molecule has 2 aromatic rings. The first-order valence-corrected chi connectivity index (χ1v) is 6.04. The van der Waals surface area contributed by atoms with Crippen LogP contribution in [0.2, 0.25) is 0 Å². The lowest BCUT2D eigenvalue weighted by atomic mass is 10.2. The minimum atomic E-state index is 0.699. The predicted molar refractivity (Wildman–Crippen MR) is 72.8 cm³/mol. The normalized spacial score (nSPS) is 11.6. The molecule has 3 nitrogen and oxygen atoms in total. The van der Waals surface area contributed by atoms with E-state index in [0.717, 1.165) is 21.3 Å². The molecule has 0 bridgehead atoms. The van der Waals surface area contributed by atoms with Gasteiger partial charge in [-0.25, -0.2) is 9.98 Å². The molecule has 0 atom stereocenters. The van der Waals surface area contributed by atoms with Crippen LogP contribution in [0.25, 0.3) is 0 Å². The first-order valence-electron chi connectivity index (χ1n) is 5.24. The quantitative estimate of drug-likeness (QED) is 0.791. The zero-order valence-corrected chi connectivity index (χ0v) is 11.3. The molecule has 2 rings (SSSR count). The summed E-state index contributed by atoms with van der Waals surface area (Å²) in [5.74, 6) is 0.699. The Morgan fingerprint density at radius 3 is 2.65 bits per heavy atom. The summed E-state index contributed by atoms with van der Waals surface area (Å²) in [4.78, 5) is 12.8. The van der Waals surface area contributed by atoms with E-state index in [1.54, 1.807) is 12.4 Å². The SMILES string of the molecule is C/C(=N/c1ncc(C)cc1Br)c1ccncc1. The molecule has 0 radical (unpaired) electrons. The van der Waals surface area contributed by atoms with Gasteiger partial charge in [-0.2, -0.15) is 0 Å². The minimum absolute atomic E-state index is 0.699. The Morgan fingerprint density at radius 1 is 1.29 bits per heavy atom. The molecule has 0 aliphatic carbocycles. The lowest BCUT2D eigenvalue weighted by Crippen LogP contribution is -1.94. The van der Waals surface area contributed by atoms with Crippen molar-refractivity contribution >= 4 is 27.5 Å². The summed E-state index contributed by atoms with van der Waals surface area (Å²) in [7, 11) is 0. The lowest BCUT2D eigenvalue weighted by molar-refractivity contribution is 1.21. The maximum atomic E-state index is 4.50. The molecule has 2 aromatic heterocycles. The van der Waals surface area contributed by atoms with Gasteiger partial charge in [0, 0.05) is 24.3 Å². The summed E-state index contributed by atoms with van der Waals surface area (Å²) < 4.78 is 0.908. The third-order valence-electron chi connectivity index (χ3n) is 2.33. The maximum absolute atomic E-state index is 4.50. The van der Waals surface area contributed by atoms with Crippen molar-refractivity contribution in [3.05, 3.63) is 52.4 Å². The highest BCUT2D eigenvalue weighted by Crippen LogP contribution is 2.24. The molecule has 0 amide bonds. The van der Waals surface area contributed by atoms with Gasteiger partial charge in [-0.1, -0.05) is 0 Å². The Bertz CT molecular complexity index is 550. The topological polar surface area (TPSA) is 38.1 Å². The van der Waals surface area contributed by atoms with E-state index in [4.69, 9.17) is 0 Å². The monoisotopic (exact) mass is 289 g/mol. The predicted octanol–water partition coefficient (Wildman–Crippen LogP) is 3.69. The van der Waals surface area contributed by atoms with Gasteiger partial charge in [-0.05, 0) is 59.1 Å². The smallest absolute Gasteiger partial charge is 0.166 e. The highest BCUT2D eigenvalue weighted by atomic mass is 79.9. The molecule has 0 N–H and O–H groups in total. The second kappa shape index (κ2) is 5.19. The number of halogens is 1. The number of hydrogen-bond acceptors (Lipinski definition) is 3. The maximum Gasteiger partial charge on any atom is 0.166 e. The summed E-state index contributed by atoms with van der Waals surface area (Å²) in [5, 5.41) is 0. The number of aliphatic imine (C=N–C) groups is 1. The summed E-state index contributed by atoms with van der Waals surface area (Å²) >= 11 is 3.47. The van der Waals surface area contributed by atoms with Gasteiger partial charge in [0.1, 0.15) is 0 Å². The zero-order chi connectivity index (χ0) is 12.3. The van der Waals surface area contributed by atoms with Gasteiger partial charge in [0.25, 0.3) is 0 Å². The fourth-order valence-corrected chi connectivity index (χ4v) is 1.98. The Labute approximate surface area is 109 Å².